The summed E-state index contributed by atoms with van der Waals surface area (Å²) < 4.78 is 0. The molecule has 2 aliphatic carbocycles. The maximum absolute atomic E-state index is 5.45. The highest BCUT2D eigenvalue weighted by molar-refractivity contribution is 6.09. The second-order valence-electron chi connectivity index (χ2n) is 16.6. The van der Waals surface area contributed by atoms with Gasteiger partial charge in [-0.1, -0.05) is 152 Å². The summed E-state index contributed by atoms with van der Waals surface area (Å²) in [5, 5.41) is 4.74. The molecule has 0 fully saturated rings. The first kappa shape index (κ1) is 33.9. The summed E-state index contributed by atoms with van der Waals surface area (Å²) in [6, 6.07) is 61.2. The second kappa shape index (κ2) is 12.4. The molecule has 0 saturated heterocycles. The molecule has 0 amide bonds. The zero-order valence-electron chi connectivity index (χ0n) is 33.6. The number of aryl methyl sites for hydroxylation is 3. The molecule has 278 valence electrons. The minimum Gasteiger partial charge on any atom is -0.254 e. The summed E-state index contributed by atoms with van der Waals surface area (Å²) in [6.45, 7) is 8.75. The van der Waals surface area contributed by atoms with E-state index in [4.69, 9.17) is 9.97 Å². The number of hydrogen-bond donors (Lipinski definition) is 0. The maximum atomic E-state index is 5.45. The molecule has 0 N–H and O–H groups in total. The summed E-state index contributed by atoms with van der Waals surface area (Å²) in [6.07, 6.45) is 1.98. The van der Waals surface area contributed by atoms with Gasteiger partial charge >= 0.3 is 0 Å². The van der Waals surface area contributed by atoms with Crippen LogP contribution in [0.1, 0.15) is 44.5 Å². The first-order valence-corrected chi connectivity index (χ1v) is 20.7. The highest BCUT2D eigenvalue weighted by Gasteiger charge is 2.51. The number of rotatable bonds is 3. The van der Waals surface area contributed by atoms with Crippen molar-refractivity contribution in [2.45, 2.75) is 33.1 Å². The Morgan fingerprint density at radius 2 is 0.881 bits per heavy atom. The third-order valence-corrected chi connectivity index (χ3v) is 13.8. The Morgan fingerprint density at radius 3 is 1.56 bits per heavy atom. The van der Waals surface area contributed by atoms with Crippen molar-refractivity contribution in [3.63, 3.8) is 0 Å². The molecule has 2 aromatic heterocycles. The van der Waals surface area contributed by atoms with Crippen LogP contribution in [0.25, 0.3) is 88.3 Å². The van der Waals surface area contributed by atoms with Crippen molar-refractivity contribution in [1.29, 1.82) is 0 Å². The summed E-state index contributed by atoms with van der Waals surface area (Å²) in [4.78, 5) is 10.4. The quantitative estimate of drug-likeness (QED) is 0.168. The molecule has 0 aliphatic heterocycles. The van der Waals surface area contributed by atoms with Crippen LogP contribution in [-0.4, -0.2) is 9.97 Å². The van der Waals surface area contributed by atoms with E-state index < -0.39 is 0 Å². The zero-order chi connectivity index (χ0) is 39.6. The van der Waals surface area contributed by atoms with Gasteiger partial charge in [-0.05, 0) is 140 Å². The zero-order valence-corrected chi connectivity index (χ0v) is 33.6. The van der Waals surface area contributed by atoms with Gasteiger partial charge < -0.3 is 0 Å². The number of hydrogen-bond acceptors (Lipinski definition) is 2. The third-order valence-electron chi connectivity index (χ3n) is 13.8. The number of nitrogens with zero attached hydrogens (tertiary/aromatic N) is 2. The van der Waals surface area contributed by atoms with Crippen molar-refractivity contribution in [2.75, 3.05) is 0 Å². The molecule has 0 saturated carbocycles. The highest BCUT2D eigenvalue weighted by atomic mass is 14.8. The predicted octanol–water partition coefficient (Wildman–Crippen LogP) is 14.5. The summed E-state index contributed by atoms with van der Waals surface area (Å²) in [5.41, 5.74) is 24.2. The van der Waals surface area contributed by atoms with Gasteiger partial charge in [0.25, 0.3) is 0 Å². The van der Waals surface area contributed by atoms with Gasteiger partial charge in [0.2, 0.25) is 0 Å². The lowest BCUT2D eigenvalue weighted by atomic mass is 9.70. The number of pyridine rings is 2. The van der Waals surface area contributed by atoms with E-state index in [1.165, 1.54) is 105 Å². The van der Waals surface area contributed by atoms with Crippen LogP contribution in [0.5, 0.6) is 0 Å². The third kappa shape index (κ3) is 4.57. The fraction of sp³-hybridized carbons (Fsp3) is 0.0877. The van der Waals surface area contributed by atoms with Gasteiger partial charge in [-0.3, -0.25) is 4.98 Å². The molecule has 1 spiro atoms. The lowest BCUT2D eigenvalue weighted by molar-refractivity contribution is 0.794. The first-order chi connectivity index (χ1) is 28.9. The molecule has 0 atom stereocenters. The van der Waals surface area contributed by atoms with E-state index in [0.29, 0.717) is 0 Å². The van der Waals surface area contributed by atoms with E-state index in [9.17, 15) is 0 Å². The molecule has 2 nitrogen and oxygen atoms in total. The van der Waals surface area contributed by atoms with Gasteiger partial charge in [0.15, 0.2) is 0 Å². The lowest BCUT2D eigenvalue weighted by Crippen LogP contribution is -2.25. The smallest absolute Gasteiger partial charge is 0.0975 e. The Kier molecular flexibility index (Phi) is 7.14. The van der Waals surface area contributed by atoms with Crippen LogP contribution in [0.3, 0.4) is 0 Å². The highest BCUT2D eigenvalue weighted by Crippen LogP contribution is 2.63. The van der Waals surface area contributed by atoms with Crippen LogP contribution in [0.2, 0.25) is 0 Å². The van der Waals surface area contributed by atoms with Gasteiger partial charge in [-0.25, -0.2) is 4.98 Å². The molecule has 0 bridgehead atoms. The van der Waals surface area contributed by atoms with E-state index in [0.717, 1.165) is 27.7 Å². The summed E-state index contributed by atoms with van der Waals surface area (Å²) >= 11 is 0. The Labute approximate surface area is 344 Å². The van der Waals surface area contributed by atoms with E-state index in [1.807, 2.05) is 6.20 Å². The van der Waals surface area contributed by atoms with Crippen molar-refractivity contribution in [3.05, 3.63) is 214 Å². The summed E-state index contributed by atoms with van der Waals surface area (Å²) in [7, 11) is 0. The van der Waals surface area contributed by atoms with Crippen molar-refractivity contribution in [1.82, 2.24) is 9.97 Å². The summed E-state index contributed by atoms with van der Waals surface area (Å²) in [5.74, 6) is 0. The predicted molar refractivity (Wildman–Crippen MR) is 246 cm³/mol. The Morgan fingerprint density at radius 1 is 0.356 bits per heavy atom. The van der Waals surface area contributed by atoms with Crippen molar-refractivity contribution < 1.29 is 0 Å². The topological polar surface area (TPSA) is 25.8 Å². The Balaban J connectivity index is 1.01. The Hall–Kier alpha value is -7.16. The molecular weight excluding hydrogens is 713 g/mol. The number of aromatic nitrogens is 2. The molecule has 12 rings (SSSR count). The largest absolute Gasteiger partial charge is 0.254 e. The van der Waals surface area contributed by atoms with E-state index in [2.05, 4.69) is 191 Å². The average Bonchev–Trinajstić information content (AvgIpc) is 3.75. The van der Waals surface area contributed by atoms with Gasteiger partial charge in [-0.15, -0.1) is 0 Å². The molecular formula is C57H40N2. The second-order valence-corrected chi connectivity index (χ2v) is 16.6. The Bertz CT molecular complexity index is 3380. The van der Waals surface area contributed by atoms with Gasteiger partial charge in [0.05, 0.1) is 22.1 Å². The molecule has 59 heavy (non-hydrogen) atoms. The monoisotopic (exact) mass is 752 g/mol. The van der Waals surface area contributed by atoms with Crippen LogP contribution in [0, 0.1) is 27.7 Å². The number of benzene rings is 8. The van der Waals surface area contributed by atoms with Crippen LogP contribution >= 0.6 is 0 Å². The maximum Gasteiger partial charge on any atom is 0.0975 e. The van der Waals surface area contributed by atoms with E-state index >= 15 is 0 Å². The van der Waals surface area contributed by atoms with Crippen molar-refractivity contribution in [3.8, 4) is 55.8 Å². The van der Waals surface area contributed by atoms with Crippen LogP contribution in [0.4, 0.5) is 0 Å². The molecule has 2 heteroatoms. The molecule has 10 aromatic rings. The SMILES string of the molecule is Cc1cnc2c(ccc3c(C)c(C)c(-c4ccc(-c5cccc(-c6ccc7c(c6)C6(c8ccccc8-c8ccccc86)c6ccccc6-7)c5)c5ccccc45)nc32)c1C. The first-order valence-electron chi connectivity index (χ1n) is 20.7. The van der Waals surface area contributed by atoms with Crippen LogP contribution in [-0.2, 0) is 5.41 Å². The molecule has 2 heterocycles. The minimum atomic E-state index is -0.369. The minimum absolute atomic E-state index is 0.369. The molecule has 0 unspecified atom stereocenters. The van der Waals surface area contributed by atoms with Gasteiger partial charge in [-0.2, -0.15) is 0 Å². The van der Waals surface area contributed by atoms with Crippen LogP contribution < -0.4 is 0 Å². The molecule has 2 aliphatic rings. The fourth-order valence-electron chi connectivity index (χ4n) is 10.6. The lowest BCUT2D eigenvalue weighted by Gasteiger charge is -2.30. The molecule has 8 aromatic carbocycles. The number of fused-ring (bicyclic) bond motifs is 14. The van der Waals surface area contributed by atoms with Gasteiger partial charge in [0.1, 0.15) is 0 Å². The fourth-order valence-corrected chi connectivity index (χ4v) is 10.6. The van der Waals surface area contributed by atoms with E-state index in [1.54, 1.807) is 0 Å². The molecule has 0 radical (unpaired) electrons. The normalized spacial score (nSPS) is 13.2. The van der Waals surface area contributed by atoms with Crippen molar-refractivity contribution in [2.24, 2.45) is 0 Å². The average molecular weight is 753 g/mol. The van der Waals surface area contributed by atoms with Crippen LogP contribution in [0.15, 0.2) is 170 Å². The van der Waals surface area contributed by atoms with Crippen molar-refractivity contribution >= 4 is 32.6 Å². The van der Waals surface area contributed by atoms with E-state index in [-0.39, 0.29) is 5.41 Å². The van der Waals surface area contributed by atoms with Gasteiger partial charge in [0, 0.05) is 22.5 Å². The standard InChI is InChI=1S/C57H40N2/c1-33-32-58-55-40(34(33)2)26-27-41-35(3)36(4)54(59-56(41)55)49-29-28-42(43-16-5-6-17-44(43)49)39-15-13-14-37(30-39)38-24-25-48-47-20-9-12-23-52(47)57(53(48)31-38)50-21-10-7-18-45(50)46-19-8-11-22-51(46)57/h5-32H,1-4H3.